The molecule has 0 saturated heterocycles. The fourth-order valence-electron chi connectivity index (χ4n) is 3.98. The van der Waals surface area contributed by atoms with E-state index in [-0.39, 0.29) is 17.1 Å². The molecule has 2 atom stereocenters. The zero-order valence-electron chi connectivity index (χ0n) is 17.5. The fourth-order valence-corrected chi connectivity index (χ4v) is 6.43. The molecular weight excluding hydrogens is 450 g/mol. The van der Waals surface area contributed by atoms with E-state index in [0.29, 0.717) is 11.3 Å². The maximum atomic E-state index is 12.9. The first kappa shape index (κ1) is 22.7. The first-order valence-corrected chi connectivity index (χ1v) is 13.5. The summed E-state index contributed by atoms with van der Waals surface area (Å²) in [6.45, 7) is 0. The highest BCUT2D eigenvalue weighted by molar-refractivity contribution is 7.89. The van der Waals surface area contributed by atoms with Crippen LogP contribution in [0.4, 0.5) is 0 Å². The number of hydrogen-bond acceptors (Lipinski definition) is 5. The van der Waals surface area contributed by atoms with E-state index in [4.69, 9.17) is 4.42 Å². The van der Waals surface area contributed by atoms with Crippen LogP contribution in [0, 0.1) is 0 Å². The third-order valence-corrected chi connectivity index (χ3v) is 8.45. The van der Waals surface area contributed by atoms with E-state index < -0.39 is 32.8 Å². The molecule has 0 radical (unpaired) electrons. The van der Waals surface area contributed by atoms with Crippen LogP contribution >= 0.6 is 0 Å². The second-order valence-electron chi connectivity index (χ2n) is 7.94. The summed E-state index contributed by atoms with van der Waals surface area (Å²) in [5.74, 6) is -0.0455. The summed E-state index contributed by atoms with van der Waals surface area (Å²) in [6.07, 6.45) is 3.80. The molecule has 3 aromatic rings. The summed E-state index contributed by atoms with van der Waals surface area (Å²) in [5, 5.41) is 10.4. The number of sulfonamides is 1. The Labute approximate surface area is 189 Å². The Hall–Kier alpha value is -2.49. The first-order chi connectivity index (χ1) is 15.3. The number of carboxylic acids is 1. The van der Waals surface area contributed by atoms with Crippen molar-refractivity contribution in [3.8, 4) is 0 Å². The molecule has 2 N–H and O–H groups in total. The monoisotopic (exact) mass is 475 g/mol. The lowest BCUT2D eigenvalue weighted by Crippen LogP contribution is -2.41. The minimum Gasteiger partial charge on any atom is -0.480 e. The maximum Gasteiger partial charge on any atom is 0.321 e. The molecule has 0 saturated carbocycles. The van der Waals surface area contributed by atoms with Crippen LogP contribution in [0.1, 0.15) is 36.1 Å². The second-order valence-corrected chi connectivity index (χ2v) is 11.2. The molecule has 7 nitrogen and oxygen atoms in total. The molecule has 1 aliphatic rings. The zero-order chi connectivity index (χ0) is 22.7. The minimum absolute atomic E-state index is 0.0484. The number of carboxylic acid groups (broad SMARTS) is 1. The molecule has 0 spiro atoms. The molecule has 0 aliphatic heterocycles. The van der Waals surface area contributed by atoms with Gasteiger partial charge < -0.3 is 9.52 Å². The zero-order valence-corrected chi connectivity index (χ0v) is 19.1. The van der Waals surface area contributed by atoms with Gasteiger partial charge in [0.05, 0.1) is 4.90 Å². The fraction of sp³-hybridized carbons (Fsp3) is 0.348. The summed E-state index contributed by atoms with van der Waals surface area (Å²) < 4.78 is 46.2. The number of benzene rings is 2. The number of hydrogen-bond donors (Lipinski definition) is 2. The topological polar surface area (TPSA) is 114 Å². The van der Waals surface area contributed by atoms with E-state index in [1.165, 1.54) is 12.1 Å². The molecule has 9 heteroatoms. The predicted octanol–water partition coefficient (Wildman–Crippen LogP) is 3.38. The van der Waals surface area contributed by atoms with Crippen molar-refractivity contribution in [3.05, 3.63) is 65.4 Å². The number of nitrogens with one attached hydrogen (secondary N) is 1. The summed E-state index contributed by atoms with van der Waals surface area (Å²) in [4.78, 5) is 11.6. The Bertz CT molecular complexity index is 1250. The van der Waals surface area contributed by atoms with E-state index in [1.54, 1.807) is 6.07 Å². The van der Waals surface area contributed by atoms with Gasteiger partial charge in [-0.2, -0.15) is 4.72 Å². The lowest BCUT2D eigenvalue weighted by atomic mass is 9.96. The Morgan fingerprint density at radius 2 is 1.88 bits per heavy atom. The number of furan rings is 1. The molecule has 4 rings (SSSR count). The van der Waals surface area contributed by atoms with Gasteiger partial charge in [-0.15, -0.1) is 0 Å². The van der Waals surface area contributed by atoms with Crippen LogP contribution < -0.4 is 4.72 Å². The molecule has 0 fully saturated rings. The molecule has 170 valence electrons. The molecule has 1 heterocycles. The van der Waals surface area contributed by atoms with E-state index >= 15 is 0 Å². The van der Waals surface area contributed by atoms with Gasteiger partial charge in [0.1, 0.15) is 17.4 Å². The van der Waals surface area contributed by atoms with Gasteiger partial charge in [0, 0.05) is 45.7 Å². The second kappa shape index (κ2) is 9.56. The van der Waals surface area contributed by atoms with Crippen molar-refractivity contribution in [2.24, 2.45) is 0 Å². The SMILES string of the molecule is O=C(O)[C@H](CCS(=O)Cc1ccccc1)NS(=O)(=O)c1ccc2c3c(oc2c1)CCCC3. The van der Waals surface area contributed by atoms with E-state index in [1.807, 2.05) is 30.3 Å². The lowest BCUT2D eigenvalue weighted by molar-refractivity contribution is -0.139. The molecular formula is C23H25NO6S2. The van der Waals surface area contributed by atoms with Crippen molar-refractivity contribution in [3.63, 3.8) is 0 Å². The molecule has 2 aromatic carbocycles. The molecule has 32 heavy (non-hydrogen) atoms. The highest BCUT2D eigenvalue weighted by Crippen LogP contribution is 2.33. The average Bonchev–Trinajstić information content (AvgIpc) is 3.15. The van der Waals surface area contributed by atoms with Crippen molar-refractivity contribution < 1.29 is 26.9 Å². The number of carbonyl (C=O) groups is 1. The van der Waals surface area contributed by atoms with E-state index in [2.05, 4.69) is 4.72 Å². The van der Waals surface area contributed by atoms with E-state index in [0.717, 1.165) is 48.0 Å². The van der Waals surface area contributed by atoms with Crippen LogP contribution in [0.3, 0.4) is 0 Å². The van der Waals surface area contributed by atoms with Gasteiger partial charge in [-0.05, 0) is 43.4 Å². The van der Waals surface area contributed by atoms with Gasteiger partial charge >= 0.3 is 5.97 Å². The summed E-state index contributed by atoms with van der Waals surface area (Å²) >= 11 is 0. The Balaban J connectivity index is 1.46. The summed E-state index contributed by atoms with van der Waals surface area (Å²) in [5.41, 5.74) is 2.51. The predicted molar refractivity (Wildman–Crippen MR) is 122 cm³/mol. The van der Waals surface area contributed by atoms with Gasteiger partial charge in [-0.1, -0.05) is 30.3 Å². The van der Waals surface area contributed by atoms with Crippen LogP contribution in [0.25, 0.3) is 11.0 Å². The van der Waals surface area contributed by atoms with Crippen molar-refractivity contribution in [2.45, 2.75) is 48.8 Å². The quantitative estimate of drug-likeness (QED) is 0.490. The highest BCUT2D eigenvalue weighted by Gasteiger charge is 2.27. The molecule has 0 bridgehead atoms. The van der Waals surface area contributed by atoms with Crippen LogP contribution in [0.5, 0.6) is 0 Å². The molecule has 1 unspecified atom stereocenters. The van der Waals surface area contributed by atoms with Gasteiger partial charge in [0.25, 0.3) is 0 Å². The van der Waals surface area contributed by atoms with Gasteiger partial charge in [-0.3, -0.25) is 9.00 Å². The third-order valence-electron chi connectivity index (χ3n) is 5.64. The molecule has 1 aliphatic carbocycles. The van der Waals surface area contributed by atoms with Crippen LogP contribution in [-0.2, 0) is 44.2 Å². The van der Waals surface area contributed by atoms with Gasteiger partial charge in [0.15, 0.2) is 0 Å². The Morgan fingerprint density at radius 1 is 1.12 bits per heavy atom. The number of aliphatic carboxylic acids is 1. The van der Waals surface area contributed by atoms with Crippen molar-refractivity contribution in [1.82, 2.24) is 4.72 Å². The normalized spacial score (nSPS) is 15.9. The lowest BCUT2D eigenvalue weighted by Gasteiger charge is -2.15. The Morgan fingerprint density at radius 3 is 2.62 bits per heavy atom. The van der Waals surface area contributed by atoms with Crippen LogP contribution in [-0.4, -0.2) is 35.5 Å². The van der Waals surface area contributed by atoms with Crippen molar-refractivity contribution >= 4 is 37.8 Å². The number of fused-ring (bicyclic) bond motifs is 3. The third kappa shape index (κ3) is 5.11. The Kier molecular flexibility index (Phi) is 6.78. The van der Waals surface area contributed by atoms with Crippen molar-refractivity contribution in [2.75, 3.05) is 5.75 Å². The maximum absolute atomic E-state index is 12.9. The average molecular weight is 476 g/mol. The summed E-state index contributed by atoms with van der Waals surface area (Å²) in [6, 6.07) is 12.5. The minimum atomic E-state index is -4.09. The van der Waals surface area contributed by atoms with Gasteiger partial charge in [0.2, 0.25) is 10.0 Å². The standard InChI is InChI=1S/C23H25NO6S2/c25-23(26)20(12-13-31(27)15-16-6-2-1-3-7-16)24-32(28,29)17-10-11-19-18-8-4-5-9-21(18)30-22(19)14-17/h1-3,6-7,10-11,14,20,24H,4-5,8-9,12-13,15H2,(H,25,26)/t20-,31?/m0/s1. The first-order valence-electron chi connectivity index (χ1n) is 10.5. The number of aryl methyl sites for hydroxylation is 2. The van der Waals surface area contributed by atoms with Crippen LogP contribution in [0.2, 0.25) is 0 Å². The van der Waals surface area contributed by atoms with Crippen molar-refractivity contribution in [1.29, 1.82) is 0 Å². The molecule has 0 amide bonds. The molecule has 1 aromatic heterocycles. The largest absolute Gasteiger partial charge is 0.480 e. The van der Waals surface area contributed by atoms with E-state index in [9.17, 15) is 22.5 Å². The van der Waals surface area contributed by atoms with Crippen LogP contribution in [0.15, 0.2) is 57.8 Å². The summed E-state index contributed by atoms with van der Waals surface area (Å²) in [7, 11) is -5.40. The smallest absolute Gasteiger partial charge is 0.321 e. The highest BCUT2D eigenvalue weighted by atomic mass is 32.2. The number of rotatable bonds is 9. The van der Waals surface area contributed by atoms with Gasteiger partial charge in [-0.25, -0.2) is 8.42 Å².